The highest BCUT2D eigenvalue weighted by atomic mass is 16.5. The molecule has 0 aliphatic rings. The third kappa shape index (κ3) is 4.07. The van der Waals surface area contributed by atoms with Gasteiger partial charge in [-0.3, -0.25) is 5.01 Å². The van der Waals surface area contributed by atoms with E-state index in [9.17, 15) is 0 Å². The number of nitriles is 1. The van der Waals surface area contributed by atoms with Gasteiger partial charge in [0.15, 0.2) is 0 Å². The van der Waals surface area contributed by atoms with Gasteiger partial charge in [-0.1, -0.05) is 5.22 Å². The molecule has 0 aliphatic carbocycles. The molecule has 16 heavy (non-hydrogen) atoms. The lowest BCUT2D eigenvalue weighted by molar-refractivity contribution is 0.0480. The van der Waals surface area contributed by atoms with Crippen LogP contribution in [0.1, 0.15) is 12.5 Å². The summed E-state index contributed by atoms with van der Waals surface area (Å²) in [6.45, 7) is 2.98. The molecule has 0 spiro atoms. The van der Waals surface area contributed by atoms with Crippen LogP contribution < -0.4 is 0 Å². The molecule has 0 heterocycles. The Balaban J connectivity index is 2.52. The van der Waals surface area contributed by atoms with Crippen molar-refractivity contribution in [3.05, 3.63) is 29.8 Å². The monoisotopic (exact) mass is 218 g/mol. The number of nitrogens with zero attached hydrogens (tertiary/aromatic N) is 4. The lowest BCUT2D eigenvalue weighted by atomic mass is 10.2. The molecule has 0 saturated heterocycles. The molecule has 1 aromatic carbocycles. The Morgan fingerprint density at radius 1 is 1.38 bits per heavy atom. The zero-order valence-corrected chi connectivity index (χ0v) is 9.42. The SMILES string of the molecule is CCOCN(C)N=Nc1ccc(C#N)cc1. The van der Waals surface area contributed by atoms with Gasteiger partial charge in [-0.15, -0.1) is 5.11 Å². The van der Waals surface area contributed by atoms with Crippen LogP contribution in [0.5, 0.6) is 0 Å². The molecule has 0 radical (unpaired) electrons. The molecule has 0 saturated carbocycles. The quantitative estimate of drug-likeness (QED) is 0.433. The summed E-state index contributed by atoms with van der Waals surface area (Å²) in [6.07, 6.45) is 0. The highest BCUT2D eigenvalue weighted by molar-refractivity contribution is 5.41. The van der Waals surface area contributed by atoms with E-state index in [2.05, 4.69) is 10.3 Å². The number of benzene rings is 1. The number of hydrogen-bond donors (Lipinski definition) is 0. The van der Waals surface area contributed by atoms with Crippen molar-refractivity contribution in [3.8, 4) is 6.07 Å². The predicted octanol–water partition coefficient (Wildman–Crippen LogP) is 2.48. The second-order valence-corrected chi connectivity index (χ2v) is 3.13. The van der Waals surface area contributed by atoms with E-state index in [4.69, 9.17) is 10.00 Å². The maximum absolute atomic E-state index is 8.61. The van der Waals surface area contributed by atoms with Crippen LogP contribution in [0.2, 0.25) is 0 Å². The van der Waals surface area contributed by atoms with Crippen LogP contribution in [0.3, 0.4) is 0 Å². The second kappa shape index (κ2) is 6.53. The summed E-state index contributed by atoms with van der Waals surface area (Å²) in [7, 11) is 1.78. The number of ether oxygens (including phenoxy) is 1. The fraction of sp³-hybridized carbons (Fsp3) is 0.364. The Labute approximate surface area is 94.9 Å². The van der Waals surface area contributed by atoms with Crippen molar-refractivity contribution >= 4 is 5.69 Å². The number of hydrogen-bond acceptors (Lipinski definition) is 4. The van der Waals surface area contributed by atoms with Gasteiger partial charge in [0, 0.05) is 13.7 Å². The minimum absolute atomic E-state index is 0.413. The average Bonchev–Trinajstić information content (AvgIpc) is 2.34. The van der Waals surface area contributed by atoms with Gasteiger partial charge in [0.2, 0.25) is 0 Å². The molecule has 0 aliphatic heterocycles. The fourth-order valence-electron chi connectivity index (χ4n) is 0.980. The maximum Gasteiger partial charge on any atom is 0.136 e. The molecule has 0 atom stereocenters. The summed E-state index contributed by atoms with van der Waals surface area (Å²) in [4.78, 5) is 0. The number of rotatable bonds is 5. The second-order valence-electron chi connectivity index (χ2n) is 3.13. The first kappa shape index (κ1) is 12.1. The minimum atomic E-state index is 0.413. The molecule has 0 aromatic heterocycles. The van der Waals surface area contributed by atoms with Gasteiger partial charge >= 0.3 is 0 Å². The summed E-state index contributed by atoms with van der Waals surface area (Å²) >= 11 is 0. The van der Waals surface area contributed by atoms with Gasteiger partial charge in [-0.2, -0.15) is 5.26 Å². The standard InChI is InChI=1S/C11H14N4O/c1-3-16-9-15(2)14-13-11-6-4-10(8-12)5-7-11/h4-7H,3,9H2,1-2H3. The molecule has 5 nitrogen and oxygen atoms in total. The predicted molar refractivity (Wildman–Crippen MR) is 59.9 cm³/mol. The maximum atomic E-state index is 8.61. The van der Waals surface area contributed by atoms with Crippen LogP contribution in [0, 0.1) is 11.3 Å². The largest absolute Gasteiger partial charge is 0.360 e. The molecule has 0 fully saturated rings. The first-order valence-electron chi connectivity index (χ1n) is 4.97. The molecule has 5 heteroatoms. The van der Waals surface area contributed by atoms with Crippen LogP contribution in [-0.2, 0) is 4.74 Å². The van der Waals surface area contributed by atoms with Crippen molar-refractivity contribution in [2.75, 3.05) is 20.4 Å². The van der Waals surface area contributed by atoms with Gasteiger partial charge in [0.05, 0.1) is 17.3 Å². The molecule has 0 bridgehead atoms. The van der Waals surface area contributed by atoms with Gasteiger partial charge in [0.1, 0.15) is 6.73 Å². The summed E-state index contributed by atoms with van der Waals surface area (Å²) < 4.78 is 5.15. The van der Waals surface area contributed by atoms with Gasteiger partial charge in [0.25, 0.3) is 0 Å². The van der Waals surface area contributed by atoms with Crippen LogP contribution in [0.4, 0.5) is 5.69 Å². The Morgan fingerprint density at radius 2 is 2.06 bits per heavy atom. The molecule has 0 amide bonds. The van der Waals surface area contributed by atoms with Crippen molar-refractivity contribution < 1.29 is 4.74 Å². The van der Waals surface area contributed by atoms with E-state index in [1.807, 2.05) is 13.0 Å². The van der Waals surface area contributed by atoms with Crippen LogP contribution in [-0.4, -0.2) is 25.4 Å². The summed E-state index contributed by atoms with van der Waals surface area (Å²) in [5.74, 6) is 0. The Hall–Kier alpha value is -1.93. The molecule has 84 valence electrons. The third-order valence-electron chi connectivity index (χ3n) is 1.79. The van der Waals surface area contributed by atoms with Crippen molar-refractivity contribution in [1.29, 1.82) is 5.26 Å². The van der Waals surface area contributed by atoms with Crippen molar-refractivity contribution in [2.24, 2.45) is 10.3 Å². The Morgan fingerprint density at radius 3 is 2.62 bits per heavy atom. The average molecular weight is 218 g/mol. The van der Waals surface area contributed by atoms with E-state index in [-0.39, 0.29) is 0 Å². The van der Waals surface area contributed by atoms with Gasteiger partial charge in [-0.25, -0.2) is 0 Å². The van der Waals surface area contributed by atoms with E-state index in [1.54, 1.807) is 36.3 Å². The van der Waals surface area contributed by atoms with Crippen LogP contribution >= 0.6 is 0 Å². The fourth-order valence-corrected chi connectivity index (χ4v) is 0.980. The normalized spacial score (nSPS) is 10.3. The van der Waals surface area contributed by atoms with E-state index in [0.717, 1.165) is 0 Å². The first-order valence-corrected chi connectivity index (χ1v) is 4.97. The van der Waals surface area contributed by atoms with Crippen molar-refractivity contribution in [2.45, 2.75) is 6.92 Å². The van der Waals surface area contributed by atoms with Gasteiger partial charge < -0.3 is 4.74 Å². The Kier molecular flexibility index (Phi) is 4.96. The highest BCUT2D eigenvalue weighted by Gasteiger charge is 1.93. The van der Waals surface area contributed by atoms with Crippen LogP contribution in [0.15, 0.2) is 34.6 Å². The summed E-state index contributed by atoms with van der Waals surface area (Å²) in [6, 6.07) is 8.95. The van der Waals surface area contributed by atoms with Crippen molar-refractivity contribution in [1.82, 2.24) is 5.01 Å². The van der Waals surface area contributed by atoms with E-state index in [0.29, 0.717) is 24.6 Å². The van der Waals surface area contributed by atoms with E-state index >= 15 is 0 Å². The molecule has 1 rings (SSSR count). The molecule has 1 aromatic rings. The minimum Gasteiger partial charge on any atom is -0.360 e. The molecule has 0 N–H and O–H groups in total. The van der Waals surface area contributed by atoms with Gasteiger partial charge in [-0.05, 0) is 31.2 Å². The van der Waals surface area contributed by atoms with E-state index < -0.39 is 0 Å². The third-order valence-corrected chi connectivity index (χ3v) is 1.79. The van der Waals surface area contributed by atoms with Crippen LogP contribution in [0.25, 0.3) is 0 Å². The summed E-state index contributed by atoms with van der Waals surface area (Å²) in [5, 5.41) is 18.1. The van der Waals surface area contributed by atoms with E-state index in [1.165, 1.54) is 0 Å². The van der Waals surface area contributed by atoms with Crippen molar-refractivity contribution in [3.63, 3.8) is 0 Å². The molecule has 0 unspecified atom stereocenters. The lowest BCUT2D eigenvalue weighted by Crippen LogP contribution is -2.14. The smallest absolute Gasteiger partial charge is 0.136 e. The first-order chi connectivity index (χ1) is 7.76. The lowest BCUT2D eigenvalue weighted by Gasteiger charge is -2.09. The molecular weight excluding hydrogens is 204 g/mol. The zero-order valence-electron chi connectivity index (χ0n) is 9.42. The molecular formula is C11H14N4O. The zero-order chi connectivity index (χ0) is 11.8. The summed E-state index contributed by atoms with van der Waals surface area (Å²) in [5.41, 5.74) is 1.32. The highest BCUT2D eigenvalue weighted by Crippen LogP contribution is 2.13. The Bertz CT molecular complexity index is 380. The topological polar surface area (TPSA) is 61.0 Å².